The highest BCUT2D eigenvalue weighted by atomic mass is 19.2. The van der Waals surface area contributed by atoms with Crippen molar-refractivity contribution < 1.29 is 23.4 Å². The lowest BCUT2D eigenvalue weighted by Gasteiger charge is -2.43. The molecule has 0 aromatic heterocycles. The minimum atomic E-state index is -0.919. The topological polar surface area (TPSA) is 75.8 Å². The smallest absolute Gasteiger partial charge is 0.410 e. The SMILES string of the molecule is CC(C)(C)OC(=O)N1C[C@@H](N)[C@H](c2ccc(F)c(F)c2)CC1CCO. The van der Waals surface area contributed by atoms with E-state index in [0.717, 1.165) is 12.1 Å². The second-order valence-corrected chi connectivity index (χ2v) is 7.48. The number of carbonyl (C=O) groups excluding carboxylic acids is 1. The molecule has 1 aliphatic rings. The van der Waals surface area contributed by atoms with Gasteiger partial charge in [0.25, 0.3) is 0 Å². The van der Waals surface area contributed by atoms with Crippen molar-refractivity contribution in [1.29, 1.82) is 0 Å². The number of nitrogens with two attached hydrogens (primary N) is 1. The molecule has 1 amide bonds. The number of aliphatic hydroxyl groups excluding tert-OH is 1. The molecule has 25 heavy (non-hydrogen) atoms. The fourth-order valence-corrected chi connectivity index (χ4v) is 3.19. The summed E-state index contributed by atoms with van der Waals surface area (Å²) in [6.45, 7) is 5.46. The zero-order chi connectivity index (χ0) is 18.8. The summed E-state index contributed by atoms with van der Waals surface area (Å²) < 4.78 is 32.2. The number of hydrogen-bond donors (Lipinski definition) is 2. The molecule has 1 aliphatic heterocycles. The van der Waals surface area contributed by atoms with Crippen molar-refractivity contribution >= 4 is 6.09 Å². The Labute approximate surface area is 146 Å². The Bertz CT molecular complexity index is 619. The van der Waals surface area contributed by atoms with E-state index < -0.39 is 29.4 Å². The van der Waals surface area contributed by atoms with Gasteiger partial charge in [-0.2, -0.15) is 0 Å². The number of halogens is 2. The largest absolute Gasteiger partial charge is 0.444 e. The van der Waals surface area contributed by atoms with E-state index in [0.29, 0.717) is 18.4 Å². The maximum atomic E-state index is 13.6. The van der Waals surface area contributed by atoms with E-state index in [1.165, 1.54) is 11.0 Å². The van der Waals surface area contributed by atoms with Gasteiger partial charge in [0.05, 0.1) is 0 Å². The highest BCUT2D eigenvalue weighted by Crippen LogP contribution is 2.33. The number of rotatable bonds is 3. The van der Waals surface area contributed by atoms with Gasteiger partial charge in [-0.15, -0.1) is 0 Å². The van der Waals surface area contributed by atoms with Crippen LogP contribution in [0.1, 0.15) is 45.1 Å². The van der Waals surface area contributed by atoms with Crippen LogP contribution in [0, 0.1) is 11.6 Å². The first kappa shape index (κ1) is 19.6. The monoisotopic (exact) mass is 356 g/mol. The van der Waals surface area contributed by atoms with Gasteiger partial charge >= 0.3 is 6.09 Å². The second kappa shape index (κ2) is 7.66. The molecule has 7 heteroatoms. The Morgan fingerprint density at radius 2 is 2.04 bits per heavy atom. The Morgan fingerprint density at radius 3 is 2.60 bits per heavy atom. The first-order valence-electron chi connectivity index (χ1n) is 8.43. The van der Waals surface area contributed by atoms with E-state index in [2.05, 4.69) is 0 Å². The van der Waals surface area contributed by atoms with Gasteiger partial charge in [-0.1, -0.05) is 6.07 Å². The van der Waals surface area contributed by atoms with Crippen LogP contribution in [0.5, 0.6) is 0 Å². The van der Waals surface area contributed by atoms with E-state index in [1.54, 1.807) is 20.8 Å². The van der Waals surface area contributed by atoms with Gasteiger partial charge in [0.2, 0.25) is 0 Å². The van der Waals surface area contributed by atoms with Gasteiger partial charge in [0, 0.05) is 31.2 Å². The van der Waals surface area contributed by atoms with Crippen molar-refractivity contribution in [3.8, 4) is 0 Å². The molecule has 1 heterocycles. The molecule has 1 fully saturated rings. The van der Waals surface area contributed by atoms with Gasteiger partial charge < -0.3 is 20.5 Å². The zero-order valence-corrected chi connectivity index (χ0v) is 14.8. The third kappa shape index (κ3) is 4.89. The van der Waals surface area contributed by atoms with Crippen LogP contribution < -0.4 is 5.73 Å². The predicted molar refractivity (Wildman–Crippen MR) is 90.1 cm³/mol. The molecule has 5 nitrogen and oxygen atoms in total. The minimum absolute atomic E-state index is 0.0936. The number of carbonyl (C=O) groups is 1. The van der Waals surface area contributed by atoms with E-state index in [9.17, 15) is 18.7 Å². The maximum absolute atomic E-state index is 13.6. The molecule has 2 rings (SSSR count). The van der Waals surface area contributed by atoms with Gasteiger partial charge in [-0.05, 0) is 51.3 Å². The Morgan fingerprint density at radius 1 is 1.36 bits per heavy atom. The molecule has 0 aliphatic carbocycles. The van der Waals surface area contributed by atoms with Crippen molar-refractivity contribution in [2.24, 2.45) is 5.73 Å². The normalized spacial score (nSPS) is 24.3. The summed E-state index contributed by atoms with van der Waals surface area (Å²) in [7, 11) is 0. The van der Waals surface area contributed by atoms with Crippen molar-refractivity contribution in [3.63, 3.8) is 0 Å². The average molecular weight is 356 g/mol. The number of amides is 1. The first-order valence-corrected chi connectivity index (χ1v) is 8.43. The van der Waals surface area contributed by atoms with Gasteiger partial charge in [0.15, 0.2) is 11.6 Å². The number of ether oxygens (including phenoxy) is 1. The maximum Gasteiger partial charge on any atom is 0.410 e. The molecule has 1 unspecified atom stereocenters. The molecular weight excluding hydrogens is 330 g/mol. The molecule has 3 atom stereocenters. The number of benzene rings is 1. The third-order valence-electron chi connectivity index (χ3n) is 4.35. The van der Waals surface area contributed by atoms with Crippen LogP contribution in [-0.2, 0) is 4.74 Å². The summed E-state index contributed by atoms with van der Waals surface area (Å²) in [4.78, 5) is 14.0. The summed E-state index contributed by atoms with van der Waals surface area (Å²) in [5.74, 6) is -2.06. The summed E-state index contributed by atoms with van der Waals surface area (Å²) in [6, 6.07) is 3.03. The van der Waals surface area contributed by atoms with Gasteiger partial charge in [0.1, 0.15) is 5.60 Å². The Balaban J connectivity index is 2.21. The third-order valence-corrected chi connectivity index (χ3v) is 4.35. The zero-order valence-electron chi connectivity index (χ0n) is 14.8. The van der Waals surface area contributed by atoms with Crippen molar-refractivity contribution in [2.75, 3.05) is 13.2 Å². The minimum Gasteiger partial charge on any atom is -0.444 e. The van der Waals surface area contributed by atoms with Crippen molar-refractivity contribution in [3.05, 3.63) is 35.4 Å². The van der Waals surface area contributed by atoms with Crippen LogP contribution in [0.3, 0.4) is 0 Å². The van der Waals surface area contributed by atoms with Gasteiger partial charge in [-0.25, -0.2) is 13.6 Å². The molecule has 0 saturated carbocycles. The van der Waals surface area contributed by atoms with Gasteiger partial charge in [-0.3, -0.25) is 0 Å². The quantitative estimate of drug-likeness (QED) is 0.873. The first-order chi connectivity index (χ1) is 11.6. The Hall–Kier alpha value is -1.73. The molecule has 0 bridgehead atoms. The van der Waals surface area contributed by atoms with Crippen molar-refractivity contribution in [2.45, 2.75) is 57.2 Å². The second-order valence-electron chi connectivity index (χ2n) is 7.48. The van der Waals surface area contributed by atoms with Crippen LogP contribution in [0.15, 0.2) is 18.2 Å². The summed E-state index contributed by atoms with van der Waals surface area (Å²) in [6.07, 6.45) is 0.336. The predicted octanol–water partition coefficient (Wildman–Crippen LogP) is 2.77. The van der Waals surface area contributed by atoms with E-state index in [4.69, 9.17) is 10.5 Å². The molecule has 0 spiro atoms. The van der Waals surface area contributed by atoms with E-state index in [-0.39, 0.29) is 25.1 Å². The number of likely N-dealkylation sites (tertiary alicyclic amines) is 1. The van der Waals surface area contributed by atoms with Crippen LogP contribution in [-0.4, -0.2) is 46.9 Å². The Kier molecular flexibility index (Phi) is 6.00. The molecular formula is C18H26F2N2O3. The number of hydrogen-bond acceptors (Lipinski definition) is 4. The molecule has 3 N–H and O–H groups in total. The molecule has 1 saturated heterocycles. The number of nitrogens with zero attached hydrogens (tertiary/aromatic N) is 1. The van der Waals surface area contributed by atoms with E-state index >= 15 is 0 Å². The molecule has 1 aromatic carbocycles. The van der Waals surface area contributed by atoms with Crippen LogP contribution in [0.2, 0.25) is 0 Å². The molecule has 140 valence electrons. The van der Waals surface area contributed by atoms with Crippen LogP contribution >= 0.6 is 0 Å². The lowest BCUT2D eigenvalue weighted by atomic mass is 9.81. The number of aliphatic hydroxyl groups is 1. The lowest BCUT2D eigenvalue weighted by molar-refractivity contribution is 0.00229. The van der Waals surface area contributed by atoms with Crippen LogP contribution in [0.4, 0.5) is 13.6 Å². The fraction of sp³-hybridized carbons (Fsp3) is 0.611. The fourth-order valence-electron chi connectivity index (χ4n) is 3.19. The average Bonchev–Trinajstić information content (AvgIpc) is 2.50. The highest BCUT2D eigenvalue weighted by molar-refractivity contribution is 5.69. The number of piperidine rings is 1. The summed E-state index contributed by atoms with van der Waals surface area (Å²) >= 11 is 0. The molecule has 0 radical (unpaired) electrons. The van der Waals surface area contributed by atoms with E-state index in [1.807, 2.05) is 0 Å². The highest BCUT2D eigenvalue weighted by Gasteiger charge is 2.38. The standard InChI is InChI=1S/C18H26F2N2O3/c1-18(2,3)25-17(24)22-10-16(21)13(9-12(22)6-7-23)11-4-5-14(19)15(20)8-11/h4-5,8,12-13,16,23H,6-7,9-10,21H2,1-3H3/t12?,13-,16+/m0/s1. The van der Waals surface area contributed by atoms with Crippen LogP contribution in [0.25, 0.3) is 0 Å². The lowest BCUT2D eigenvalue weighted by Crippen LogP contribution is -2.55. The van der Waals surface area contributed by atoms with Crippen molar-refractivity contribution in [1.82, 2.24) is 4.90 Å². The molecule has 1 aromatic rings. The summed E-state index contributed by atoms with van der Waals surface area (Å²) in [5, 5.41) is 9.33. The summed E-state index contributed by atoms with van der Waals surface area (Å²) in [5.41, 5.74) is 6.18.